The number of hydrogen-bond donors (Lipinski definition) is 1. The van der Waals surface area contributed by atoms with Gasteiger partial charge in [-0.3, -0.25) is 19.7 Å². The van der Waals surface area contributed by atoms with Crippen LogP contribution in [0.2, 0.25) is 0 Å². The standard InChI is InChI=1S/C29H42N4O3/c34-21-32-14-8-23(9-15-32)18-22-6-12-31(13-7-22)20-24-10-16-33(17-11-24)26-3-1-2-25(19-26)27-4-5-28(35)30-29(27)36/h1-3,19,21-24,27H,4-18,20H2,(H,30,35,36). The average molecular weight is 495 g/mol. The van der Waals surface area contributed by atoms with Crippen LogP contribution in [0.25, 0.3) is 0 Å². The molecule has 7 heteroatoms. The minimum Gasteiger partial charge on any atom is -0.372 e. The third kappa shape index (κ3) is 6.28. The van der Waals surface area contributed by atoms with Crippen LogP contribution >= 0.6 is 0 Å². The zero-order valence-electron chi connectivity index (χ0n) is 21.6. The zero-order valence-corrected chi connectivity index (χ0v) is 21.6. The van der Waals surface area contributed by atoms with Crippen LogP contribution in [0.15, 0.2) is 24.3 Å². The Morgan fingerprint density at radius 1 is 0.833 bits per heavy atom. The number of anilines is 1. The van der Waals surface area contributed by atoms with Crippen LogP contribution < -0.4 is 10.2 Å². The second-order valence-electron chi connectivity index (χ2n) is 11.6. The number of benzene rings is 1. The Morgan fingerprint density at radius 3 is 2.17 bits per heavy atom. The maximum Gasteiger partial charge on any atom is 0.234 e. The van der Waals surface area contributed by atoms with Gasteiger partial charge in [0.2, 0.25) is 18.2 Å². The molecule has 1 atom stereocenters. The van der Waals surface area contributed by atoms with Gasteiger partial charge in [0.05, 0.1) is 5.92 Å². The third-order valence-electron chi connectivity index (χ3n) is 9.18. The number of piperidine rings is 4. The molecule has 3 amide bonds. The molecule has 5 rings (SSSR count). The van der Waals surface area contributed by atoms with Crippen molar-refractivity contribution in [2.24, 2.45) is 17.8 Å². The maximum atomic E-state index is 12.3. The summed E-state index contributed by atoms with van der Waals surface area (Å²) < 4.78 is 0. The van der Waals surface area contributed by atoms with Gasteiger partial charge < -0.3 is 14.7 Å². The van der Waals surface area contributed by atoms with Gasteiger partial charge in [-0.2, -0.15) is 0 Å². The Kier molecular flexibility index (Phi) is 8.25. The summed E-state index contributed by atoms with van der Waals surface area (Å²) in [5, 5.41) is 2.49. The Balaban J connectivity index is 1.04. The molecular formula is C29H42N4O3. The lowest BCUT2D eigenvalue weighted by atomic mass is 9.82. The van der Waals surface area contributed by atoms with Gasteiger partial charge in [-0.1, -0.05) is 12.1 Å². The Hall–Kier alpha value is -2.41. The molecule has 1 aromatic rings. The van der Waals surface area contributed by atoms with Crippen molar-refractivity contribution in [2.45, 2.75) is 63.7 Å². The quantitative estimate of drug-likeness (QED) is 0.465. The minimum atomic E-state index is -0.215. The number of nitrogens with one attached hydrogen (secondary N) is 1. The van der Waals surface area contributed by atoms with Crippen LogP contribution in [0, 0.1) is 17.8 Å². The number of imide groups is 1. The Morgan fingerprint density at radius 2 is 1.50 bits per heavy atom. The molecule has 1 aromatic carbocycles. The van der Waals surface area contributed by atoms with Crippen LogP contribution in [0.3, 0.4) is 0 Å². The van der Waals surface area contributed by atoms with Crippen molar-refractivity contribution in [3.63, 3.8) is 0 Å². The highest BCUT2D eigenvalue weighted by atomic mass is 16.2. The normalized spacial score (nSPS) is 25.7. The lowest BCUT2D eigenvalue weighted by Crippen LogP contribution is -2.42. The highest BCUT2D eigenvalue weighted by molar-refractivity contribution is 6.01. The lowest BCUT2D eigenvalue weighted by molar-refractivity contribution is -0.134. The zero-order chi connectivity index (χ0) is 24.9. The Labute approximate surface area is 215 Å². The second kappa shape index (κ2) is 11.8. The van der Waals surface area contributed by atoms with Gasteiger partial charge in [0.25, 0.3) is 0 Å². The summed E-state index contributed by atoms with van der Waals surface area (Å²) >= 11 is 0. The third-order valence-corrected chi connectivity index (χ3v) is 9.18. The highest BCUT2D eigenvalue weighted by Gasteiger charge is 2.30. The lowest BCUT2D eigenvalue weighted by Gasteiger charge is -2.39. The fourth-order valence-corrected chi connectivity index (χ4v) is 6.86. The molecule has 0 radical (unpaired) electrons. The van der Waals surface area contributed by atoms with Crippen molar-refractivity contribution in [1.82, 2.24) is 15.1 Å². The van der Waals surface area contributed by atoms with Crippen molar-refractivity contribution in [3.8, 4) is 0 Å². The van der Waals surface area contributed by atoms with Gasteiger partial charge in [0, 0.05) is 44.8 Å². The van der Waals surface area contributed by atoms with Crippen LogP contribution in [0.4, 0.5) is 5.69 Å². The van der Waals surface area contributed by atoms with E-state index in [1.54, 1.807) is 0 Å². The molecule has 196 valence electrons. The average Bonchev–Trinajstić information content (AvgIpc) is 2.91. The topological polar surface area (TPSA) is 73.0 Å². The molecule has 4 fully saturated rings. The summed E-state index contributed by atoms with van der Waals surface area (Å²) in [6, 6.07) is 8.39. The number of likely N-dealkylation sites (tertiary alicyclic amines) is 2. The summed E-state index contributed by atoms with van der Waals surface area (Å²) in [7, 11) is 0. The monoisotopic (exact) mass is 494 g/mol. The molecule has 0 aromatic heterocycles. The fourth-order valence-electron chi connectivity index (χ4n) is 6.86. The summed E-state index contributed by atoms with van der Waals surface area (Å²) in [4.78, 5) is 41.8. The van der Waals surface area contributed by atoms with Crippen molar-refractivity contribution < 1.29 is 14.4 Å². The van der Waals surface area contributed by atoms with E-state index in [-0.39, 0.29) is 17.7 Å². The molecule has 1 N–H and O–H groups in total. The van der Waals surface area contributed by atoms with E-state index in [1.165, 1.54) is 70.3 Å². The Bertz CT molecular complexity index is 913. The molecule has 1 unspecified atom stereocenters. The van der Waals surface area contributed by atoms with Crippen molar-refractivity contribution in [2.75, 3.05) is 50.7 Å². The van der Waals surface area contributed by atoms with Gasteiger partial charge >= 0.3 is 0 Å². The molecule has 4 aliphatic heterocycles. The maximum absolute atomic E-state index is 12.3. The number of carbonyl (C=O) groups is 3. The van der Waals surface area contributed by atoms with E-state index in [0.717, 1.165) is 55.9 Å². The summed E-state index contributed by atoms with van der Waals surface area (Å²) in [6.07, 6.45) is 10.9. The van der Waals surface area contributed by atoms with E-state index in [2.05, 4.69) is 33.3 Å². The molecule has 0 aliphatic carbocycles. The number of amides is 3. The number of rotatable bonds is 7. The largest absolute Gasteiger partial charge is 0.372 e. The number of hydrogen-bond acceptors (Lipinski definition) is 5. The summed E-state index contributed by atoms with van der Waals surface area (Å²) in [5.41, 5.74) is 2.23. The van der Waals surface area contributed by atoms with Crippen LogP contribution in [-0.4, -0.2) is 73.8 Å². The molecule has 0 saturated carbocycles. The first-order valence-corrected chi connectivity index (χ1v) is 14.2. The highest BCUT2D eigenvalue weighted by Crippen LogP contribution is 2.32. The predicted octanol–water partition coefficient (Wildman–Crippen LogP) is 3.39. The van der Waals surface area contributed by atoms with Gasteiger partial charge in [0.15, 0.2) is 0 Å². The first-order valence-electron chi connectivity index (χ1n) is 14.2. The molecular weight excluding hydrogens is 452 g/mol. The van der Waals surface area contributed by atoms with Crippen molar-refractivity contribution >= 4 is 23.9 Å². The van der Waals surface area contributed by atoms with E-state index in [0.29, 0.717) is 12.8 Å². The molecule has 0 spiro atoms. The van der Waals surface area contributed by atoms with Crippen molar-refractivity contribution in [3.05, 3.63) is 29.8 Å². The SMILES string of the molecule is O=CN1CCC(CC2CCN(CC3CCN(c4cccc(C5CCC(=O)NC5=O)c4)CC3)CC2)CC1. The molecule has 36 heavy (non-hydrogen) atoms. The van der Waals surface area contributed by atoms with E-state index < -0.39 is 0 Å². The first-order chi connectivity index (χ1) is 17.6. The molecule has 0 bridgehead atoms. The summed E-state index contributed by atoms with van der Waals surface area (Å²) in [6.45, 7) is 7.76. The summed E-state index contributed by atoms with van der Waals surface area (Å²) in [5.74, 6) is 1.92. The smallest absolute Gasteiger partial charge is 0.234 e. The molecule has 4 saturated heterocycles. The van der Waals surface area contributed by atoms with Gasteiger partial charge in [-0.05, 0) is 99.9 Å². The van der Waals surface area contributed by atoms with E-state index in [1.807, 2.05) is 11.0 Å². The van der Waals surface area contributed by atoms with Crippen LogP contribution in [-0.2, 0) is 14.4 Å². The van der Waals surface area contributed by atoms with Gasteiger partial charge in [0.1, 0.15) is 0 Å². The van der Waals surface area contributed by atoms with Crippen LogP contribution in [0.5, 0.6) is 0 Å². The second-order valence-corrected chi connectivity index (χ2v) is 11.6. The predicted molar refractivity (Wildman–Crippen MR) is 141 cm³/mol. The van der Waals surface area contributed by atoms with Crippen molar-refractivity contribution in [1.29, 1.82) is 0 Å². The number of nitrogens with zero attached hydrogens (tertiary/aromatic N) is 3. The van der Waals surface area contributed by atoms with E-state index >= 15 is 0 Å². The van der Waals surface area contributed by atoms with E-state index in [9.17, 15) is 14.4 Å². The molecule has 4 aliphatic rings. The first kappa shape index (κ1) is 25.2. The minimum absolute atomic E-state index is 0.157. The van der Waals surface area contributed by atoms with Crippen LogP contribution in [0.1, 0.15) is 69.3 Å². The molecule has 4 heterocycles. The van der Waals surface area contributed by atoms with Gasteiger partial charge in [-0.25, -0.2) is 0 Å². The number of carbonyl (C=O) groups excluding carboxylic acids is 3. The fraction of sp³-hybridized carbons (Fsp3) is 0.690. The molecule has 7 nitrogen and oxygen atoms in total. The van der Waals surface area contributed by atoms with Gasteiger partial charge in [-0.15, -0.1) is 0 Å². The van der Waals surface area contributed by atoms with E-state index in [4.69, 9.17) is 0 Å².